The Morgan fingerprint density at radius 1 is 1.43 bits per heavy atom. The minimum absolute atomic E-state index is 0. The first-order chi connectivity index (χ1) is 5.97. The fourth-order valence-corrected chi connectivity index (χ4v) is 0.834. The van der Waals surface area contributed by atoms with Gasteiger partial charge in [-0.3, -0.25) is 4.79 Å². The van der Waals surface area contributed by atoms with Crippen molar-refractivity contribution in [3.05, 3.63) is 0 Å². The number of halogens is 1. The maximum Gasteiger partial charge on any atom is 0.345 e. The number of hydrogen-bond donors (Lipinski definition) is 2. The van der Waals surface area contributed by atoms with E-state index in [9.17, 15) is 9.59 Å². The average Bonchev–Trinajstić information content (AvgIpc) is 2.02. The van der Waals surface area contributed by atoms with Gasteiger partial charge >= 0.3 is 11.9 Å². The smallest absolute Gasteiger partial charge is 0.345 e. The summed E-state index contributed by atoms with van der Waals surface area (Å²) < 4.78 is 4.61. The molecule has 0 bridgehead atoms. The molecule has 0 aliphatic heterocycles. The van der Waals surface area contributed by atoms with Crippen molar-refractivity contribution < 1.29 is 19.4 Å². The molecule has 1 atom stereocenters. The van der Waals surface area contributed by atoms with Crippen LogP contribution >= 0.6 is 12.4 Å². The third-order valence-corrected chi connectivity index (χ3v) is 1.40. The number of carboxylic acid groups (broad SMARTS) is 1. The van der Waals surface area contributed by atoms with Gasteiger partial charge in [-0.05, 0) is 12.3 Å². The molecule has 0 unspecified atom stereocenters. The van der Waals surface area contributed by atoms with Crippen LogP contribution in [0.3, 0.4) is 0 Å². The minimum atomic E-state index is -1.13. The molecule has 0 aliphatic rings. The van der Waals surface area contributed by atoms with E-state index in [4.69, 9.17) is 10.8 Å². The number of carbonyl (C=O) groups excluding carboxylic acids is 1. The van der Waals surface area contributed by atoms with Crippen LogP contribution in [0.1, 0.15) is 20.3 Å². The van der Waals surface area contributed by atoms with Gasteiger partial charge in [0, 0.05) is 0 Å². The highest BCUT2D eigenvalue weighted by Gasteiger charge is 2.22. The molecule has 3 N–H and O–H groups in total. The van der Waals surface area contributed by atoms with Gasteiger partial charge in [0.25, 0.3) is 0 Å². The maximum atomic E-state index is 10.7. The lowest BCUT2D eigenvalue weighted by atomic mass is 10.1. The van der Waals surface area contributed by atoms with Crippen molar-refractivity contribution in [1.82, 2.24) is 0 Å². The van der Waals surface area contributed by atoms with Gasteiger partial charge in [-0.1, -0.05) is 13.8 Å². The number of hydrogen-bond acceptors (Lipinski definition) is 4. The molecule has 0 aromatic carbocycles. The van der Waals surface area contributed by atoms with Gasteiger partial charge in [0.1, 0.15) is 0 Å². The van der Waals surface area contributed by atoms with Crippen LogP contribution in [0, 0.1) is 5.92 Å². The Balaban J connectivity index is 0. The molecule has 0 fully saturated rings. The molecule has 6 heteroatoms. The van der Waals surface area contributed by atoms with E-state index in [1.807, 2.05) is 13.8 Å². The summed E-state index contributed by atoms with van der Waals surface area (Å²) in [5, 5.41) is 8.65. The standard InChI is InChI=1S/C8H15NO4.ClH/c1-5(2)3-6(8(11)12)13-7(10)4-9;/h5-6H,3-4,9H2,1-2H3,(H,11,12);1H/t6-;/m0./s1. The summed E-state index contributed by atoms with van der Waals surface area (Å²) in [6.07, 6.45) is -0.766. The van der Waals surface area contributed by atoms with E-state index < -0.39 is 18.0 Å². The third-order valence-electron chi connectivity index (χ3n) is 1.40. The number of rotatable bonds is 5. The van der Waals surface area contributed by atoms with E-state index in [-0.39, 0.29) is 24.9 Å². The zero-order chi connectivity index (χ0) is 10.4. The fraction of sp³-hybridized carbons (Fsp3) is 0.750. The number of aliphatic carboxylic acids is 1. The van der Waals surface area contributed by atoms with Gasteiger partial charge in [-0.25, -0.2) is 4.79 Å². The topological polar surface area (TPSA) is 89.6 Å². The van der Waals surface area contributed by atoms with Crippen molar-refractivity contribution in [3.63, 3.8) is 0 Å². The van der Waals surface area contributed by atoms with Crippen molar-refractivity contribution >= 4 is 24.3 Å². The molecule has 84 valence electrons. The molecule has 0 amide bonds. The van der Waals surface area contributed by atoms with E-state index in [1.54, 1.807) is 0 Å². The van der Waals surface area contributed by atoms with Gasteiger partial charge < -0.3 is 15.6 Å². The summed E-state index contributed by atoms with van der Waals surface area (Å²) in [5.74, 6) is -1.66. The van der Waals surface area contributed by atoms with Gasteiger partial charge in [0.15, 0.2) is 6.10 Å². The number of esters is 1. The van der Waals surface area contributed by atoms with Crippen LogP contribution in [0.15, 0.2) is 0 Å². The second-order valence-electron chi connectivity index (χ2n) is 3.15. The molecular weight excluding hydrogens is 210 g/mol. The Morgan fingerprint density at radius 3 is 2.21 bits per heavy atom. The molecule has 0 aromatic rings. The van der Waals surface area contributed by atoms with Gasteiger partial charge in [-0.2, -0.15) is 0 Å². The normalized spacial score (nSPS) is 11.7. The molecule has 0 aromatic heterocycles. The molecule has 0 aliphatic carbocycles. The molecule has 0 radical (unpaired) electrons. The zero-order valence-corrected chi connectivity index (χ0v) is 9.04. The summed E-state index contributed by atoms with van der Waals surface area (Å²) in [7, 11) is 0. The molecule has 0 rings (SSSR count). The van der Waals surface area contributed by atoms with E-state index in [2.05, 4.69) is 4.74 Å². The highest BCUT2D eigenvalue weighted by molar-refractivity contribution is 5.85. The van der Waals surface area contributed by atoms with Crippen LogP contribution in [0.5, 0.6) is 0 Å². The Labute approximate surface area is 89.0 Å². The lowest BCUT2D eigenvalue weighted by Crippen LogP contribution is -2.31. The quantitative estimate of drug-likeness (QED) is 0.662. The molecule has 0 saturated heterocycles. The summed E-state index contributed by atoms with van der Waals surface area (Å²) in [6, 6.07) is 0. The van der Waals surface area contributed by atoms with Gasteiger partial charge in [-0.15, -0.1) is 12.4 Å². The number of ether oxygens (including phenoxy) is 1. The van der Waals surface area contributed by atoms with E-state index in [0.29, 0.717) is 6.42 Å². The molecule has 5 nitrogen and oxygen atoms in total. The second-order valence-corrected chi connectivity index (χ2v) is 3.15. The summed E-state index contributed by atoms with van der Waals surface area (Å²) in [6.45, 7) is 3.42. The predicted octanol–water partition coefficient (Wildman–Crippen LogP) is 0.409. The molecule has 14 heavy (non-hydrogen) atoms. The molecule has 0 saturated carbocycles. The summed E-state index contributed by atoms with van der Waals surface area (Å²) in [4.78, 5) is 21.3. The second kappa shape index (κ2) is 7.58. The summed E-state index contributed by atoms with van der Waals surface area (Å²) >= 11 is 0. The molecular formula is C8H16ClNO4. The fourth-order valence-electron chi connectivity index (χ4n) is 0.834. The Kier molecular flexibility index (Phi) is 8.48. The summed E-state index contributed by atoms with van der Waals surface area (Å²) in [5.41, 5.74) is 4.98. The molecule has 0 heterocycles. The van der Waals surface area contributed by atoms with Crippen molar-refractivity contribution in [3.8, 4) is 0 Å². The molecule has 0 spiro atoms. The first-order valence-electron chi connectivity index (χ1n) is 4.09. The SMILES string of the molecule is CC(C)C[C@H](OC(=O)CN)C(=O)O.Cl. The van der Waals surface area contributed by atoms with Crippen LogP contribution in [0.2, 0.25) is 0 Å². The van der Waals surface area contributed by atoms with Gasteiger partial charge in [0.2, 0.25) is 0 Å². The highest BCUT2D eigenvalue weighted by Crippen LogP contribution is 2.08. The van der Waals surface area contributed by atoms with Crippen LogP contribution in [0.4, 0.5) is 0 Å². The van der Waals surface area contributed by atoms with E-state index >= 15 is 0 Å². The van der Waals surface area contributed by atoms with Crippen molar-refractivity contribution in [2.24, 2.45) is 11.7 Å². The number of nitrogens with two attached hydrogens (primary N) is 1. The average molecular weight is 226 g/mol. The minimum Gasteiger partial charge on any atom is -0.479 e. The number of carbonyl (C=O) groups is 2. The van der Waals surface area contributed by atoms with E-state index in [1.165, 1.54) is 0 Å². The van der Waals surface area contributed by atoms with Crippen molar-refractivity contribution in [2.45, 2.75) is 26.4 Å². The lowest BCUT2D eigenvalue weighted by molar-refractivity contribution is -0.164. The Hall–Kier alpha value is -0.810. The largest absolute Gasteiger partial charge is 0.479 e. The van der Waals surface area contributed by atoms with Crippen LogP contribution in [-0.2, 0) is 14.3 Å². The third kappa shape index (κ3) is 6.68. The van der Waals surface area contributed by atoms with E-state index in [0.717, 1.165) is 0 Å². The Bertz CT molecular complexity index is 196. The van der Waals surface area contributed by atoms with Crippen molar-refractivity contribution in [2.75, 3.05) is 6.54 Å². The monoisotopic (exact) mass is 225 g/mol. The first kappa shape index (κ1) is 15.7. The van der Waals surface area contributed by atoms with Crippen LogP contribution in [0.25, 0.3) is 0 Å². The maximum absolute atomic E-state index is 10.7. The predicted molar refractivity (Wildman–Crippen MR) is 53.3 cm³/mol. The first-order valence-corrected chi connectivity index (χ1v) is 4.09. The van der Waals surface area contributed by atoms with Crippen LogP contribution < -0.4 is 5.73 Å². The lowest BCUT2D eigenvalue weighted by Gasteiger charge is -2.14. The van der Waals surface area contributed by atoms with Crippen LogP contribution in [-0.4, -0.2) is 29.7 Å². The number of carboxylic acids is 1. The highest BCUT2D eigenvalue weighted by atomic mass is 35.5. The van der Waals surface area contributed by atoms with Gasteiger partial charge in [0.05, 0.1) is 6.54 Å². The van der Waals surface area contributed by atoms with Crippen molar-refractivity contribution in [1.29, 1.82) is 0 Å². The zero-order valence-electron chi connectivity index (χ0n) is 8.23. The Morgan fingerprint density at radius 2 is 1.93 bits per heavy atom.